The molecule has 0 aliphatic carbocycles. The average molecular weight is 470 g/mol. The lowest BCUT2D eigenvalue weighted by Gasteiger charge is -2.08. The van der Waals surface area contributed by atoms with E-state index in [9.17, 15) is 4.79 Å². The summed E-state index contributed by atoms with van der Waals surface area (Å²) >= 11 is 0. The van der Waals surface area contributed by atoms with Crippen molar-refractivity contribution in [3.8, 4) is 11.5 Å². The lowest BCUT2D eigenvalue weighted by atomic mass is 10.1. The minimum absolute atomic E-state index is 0.0653. The molecule has 0 amide bonds. The van der Waals surface area contributed by atoms with Crippen LogP contribution in [0.2, 0.25) is 0 Å². The van der Waals surface area contributed by atoms with Gasteiger partial charge in [-0.1, -0.05) is 50.8 Å². The highest BCUT2D eigenvalue weighted by Crippen LogP contribution is 2.33. The van der Waals surface area contributed by atoms with E-state index in [4.69, 9.17) is 24.4 Å². The van der Waals surface area contributed by atoms with Gasteiger partial charge in [-0.3, -0.25) is 9.36 Å². The molecule has 0 unspecified atom stereocenters. The van der Waals surface area contributed by atoms with Gasteiger partial charge in [-0.2, -0.15) is 0 Å². The van der Waals surface area contributed by atoms with Gasteiger partial charge in [0, 0.05) is 6.54 Å². The van der Waals surface area contributed by atoms with Gasteiger partial charge >= 0.3 is 0 Å². The Hall–Kier alpha value is -3.94. The van der Waals surface area contributed by atoms with Gasteiger partial charge in [-0.25, -0.2) is 15.0 Å². The van der Waals surface area contributed by atoms with E-state index < -0.39 is 0 Å². The smallest absolute Gasteiger partial charge is 0.265 e. The van der Waals surface area contributed by atoms with Gasteiger partial charge in [-0.15, -0.1) is 0 Å². The van der Waals surface area contributed by atoms with Crippen LogP contribution < -0.4 is 15.0 Å². The molecule has 0 fully saturated rings. The zero-order valence-electron chi connectivity index (χ0n) is 19.7. The molecular formula is C27H27N5O3. The van der Waals surface area contributed by atoms with Crippen LogP contribution >= 0.6 is 0 Å². The highest BCUT2D eigenvalue weighted by atomic mass is 16.7. The first kappa shape index (κ1) is 21.6. The maximum Gasteiger partial charge on any atom is 0.265 e. The minimum atomic E-state index is -0.0653. The molecule has 1 aliphatic rings. The largest absolute Gasteiger partial charge is 0.454 e. The van der Waals surface area contributed by atoms with Crippen molar-refractivity contribution in [1.29, 1.82) is 0 Å². The van der Waals surface area contributed by atoms with E-state index in [1.165, 1.54) is 19.3 Å². The van der Waals surface area contributed by atoms with Crippen molar-refractivity contribution < 1.29 is 9.47 Å². The first-order valence-electron chi connectivity index (χ1n) is 12.3. The number of hydrogen-bond acceptors (Lipinski definition) is 6. The fourth-order valence-electron chi connectivity index (χ4n) is 4.76. The minimum Gasteiger partial charge on any atom is -0.454 e. The number of benzene rings is 2. The summed E-state index contributed by atoms with van der Waals surface area (Å²) in [6.45, 7) is 3.57. The standard InChI is InChI=1S/C27H27N5O3/c1-2-3-4-5-8-13-31-16-28-25-23(27(31)33)24-26(30-20-10-7-6-9-19(20)29-24)32(25)15-18-11-12-21-22(14-18)35-17-34-21/h6-7,9-12,14,16H,2-5,8,13,15,17H2,1H3. The van der Waals surface area contributed by atoms with Gasteiger partial charge in [0.2, 0.25) is 6.79 Å². The van der Waals surface area contributed by atoms with E-state index in [1.807, 2.05) is 47.0 Å². The van der Waals surface area contributed by atoms with Crippen LogP contribution in [0.4, 0.5) is 0 Å². The van der Waals surface area contributed by atoms with Crippen molar-refractivity contribution in [2.45, 2.75) is 52.1 Å². The quantitative estimate of drug-likeness (QED) is 0.296. The van der Waals surface area contributed by atoms with Gasteiger partial charge in [0.1, 0.15) is 10.9 Å². The van der Waals surface area contributed by atoms with Crippen LogP contribution in [-0.2, 0) is 13.1 Å². The van der Waals surface area contributed by atoms with Crippen molar-refractivity contribution in [1.82, 2.24) is 24.1 Å². The molecule has 4 heterocycles. The Morgan fingerprint density at radius 3 is 2.57 bits per heavy atom. The molecule has 5 aromatic rings. The maximum atomic E-state index is 13.6. The molecule has 0 atom stereocenters. The molecule has 8 nitrogen and oxygen atoms in total. The Balaban J connectivity index is 1.48. The van der Waals surface area contributed by atoms with Crippen LogP contribution in [0.3, 0.4) is 0 Å². The summed E-state index contributed by atoms with van der Waals surface area (Å²) in [7, 11) is 0. The summed E-state index contributed by atoms with van der Waals surface area (Å²) in [5.41, 5.74) is 4.33. The molecule has 2 aromatic carbocycles. The van der Waals surface area contributed by atoms with Gasteiger partial charge in [-0.05, 0) is 36.2 Å². The number of hydrogen-bond donors (Lipinski definition) is 0. The highest BCUT2D eigenvalue weighted by molar-refractivity contribution is 6.04. The molecule has 8 heteroatoms. The monoisotopic (exact) mass is 469 g/mol. The fraction of sp³-hybridized carbons (Fsp3) is 0.333. The normalized spacial score (nSPS) is 12.8. The van der Waals surface area contributed by atoms with Crippen LogP contribution in [0.1, 0.15) is 44.6 Å². The van der Waals surface area contributed by atoms with Crippen LogP contribution in [0, 0.1) is 0 Å². The zero-order chi connectivity index (χ0) is 23.8. The highest BCUT2D eigenvalue weighted by Gasteiger charge is 2.21. The first-order chi connectivity index (χ1) is 17.2. The van der Waals surface area contributed by atoms with Crippen LogP contribution in [-0.4, -0.2) is 30.9 Å². The molecule has 0 radical (unpaired) electrons. The Bertz CT molecular complexity index is 1600. The van der Waals surface area contributed by atoms with E-state index in [1.54, 1.807) is 10.9 Å². The van der Waals surface area contributed by atoms with E-state index in [2.05, 4.69) is 6.92 Å². The molecule has 0 spiro atoms. The number of nitrogens with zero attached hydrogens (tertiary/aromatic N) is 5. The van der Waals surface area contributed by atoms with Crippen molar-refractivity contribution >= 4 is 33.2 Å². The third-order valence-electron chi connectivity index (χ3n) is 6.60. The number of fused-ring (bicyclic) bond motifs is 5. The van der Waals surface area contributed by atoms with Crippen LogP contribution in [0.25, 0.3) is 33.2 Å². The predicted molar refractivity (Wildman–Crippen MR) is 135 cm³/mol. The van der Waals surface area contributed by atoms with E-state index in [0.717, 1.165) is 40.9 Å². The van der Waals surface area contributed by atoms with Crippen molar-refractivity contribution in [2.24, 2.45) is 0 Å². The summed E-state index contributed by atoms with van der Waals surface area (Å²) in [5, 5.41) is 0.523. The maximum absolute atomic E-state index is 13.6. The Kier molecular flexibility index (Phi) is 5.56. The number of rotatable bonds is 8. The van der Waals surface area contributed by atoms with Crippen molar-refractivity contribution in [3.63, 3.8) is 0 Å². The Morgan fingerprint density at radius 1 is 0.914 bits per heavy atom. The van der Waals surface area contributed by atoms with Crippen molar-refractivity contribution in [2.75, 3.05) is 6.79 Å². The lowest BCUT2D eigenvalue weighted by molar-refractivity contribution is 0.174. The SMILES string of the molecule is CCCCCCCn1cnc2c(c1=O)c1nc3ccccc3nc1n2Cc1ccc2c(c1)OCO2. The molecule has 35 heavy (non-hydrogen) atoms. The lowest BCUT2D eigenvalue weighted by Crippen LogP contribution is -2.21. The molecule has 0 saturated carbocycles. The second-order valence-corrected chi connectivity index (χ2v) is 9.01. The summed E-state index contributed by atoms with van der Waals surface area (Å²) in [6, 6.07) is 13.6. The molecule has 0 saturated heterocycles. The molecule has 1 aliphatic heterocycles. The average Bonchev–Trinajstić information content (AvgIpc) is 3.46. The summed E-state index contributed by atoms with van der Waals surface area (Å²) in [5.74, 6) is 1.46. The van der Waals surface area contributed by atoms with Gasteiger partial charge < -0.3 is 14.0 Å². The number of para-hydroxylation sites is 2. The Labute approximate surface area is 202 Å². The first-order valence-corrected chi connectivity index (χ1v) is 12.3. The second kappa shape index (κ2) is 9.02. The van der Waals surface area contributed by atoms with Gasteiger partial charge in [0.15, 0.2) is 22.8 Å². The zero-order valence-corrected chi connectivity index (χ0v) is 19.7. The van der Waals surface area contributed by atoms with E-state index in [0.29, 0.717) is 35.3 Å². The second-order valence-electron chi connectivity index (χ2n) is 9.01. The molecule has 3 aromatic heterocycles. The topological polar surface area (TPSA) is 84.1 Å². The van der Waals surface area contributed by atoms with Gasteiger partial charge in [0.25, 0.3) is 5.56 Å². The van der Waals surface area contributed by atoms with Gasteiger partial charge in [0.05, 0.1) is 23.9 Å². The molecule has 0 bridgehead atoms. The predicted octanol–water partition coefficient (Wildman–Crippen LogP) is 5.04. The third-order valence-corrected chi connectivity index (χ3v) is 6.60. The number of aryl methyl sites for hydroxylation is 1. The number of unbranched alkanes of at least 4 members (excludes halogenated alkanes) is 4. The summed E-state index contributed by atoms with van der Waals surface area (Å²) < 4.78 is 14.7. The molecule has 178 valence electrons. The van der Waals surface area contributed by atoms with E-state index in [-0.39, 0.29) is 12.4 Å². The molecule has 6 rings (SSSR count). The number of aromatic nitrogens is 5. The number of ether oxygens (including phenoxy) is 2. The van der Waals surface area contributed by atoms with E-state index >= 15 is 0 Å². The Morgan fingerprint density at radius 2 is 1.71 bits per heavy atom. The fourth-order valence-corrected chi connectivity index (χ4v) is 4.76. The third kappa shape index (κ3) is 3.88. The van der Waals surface area contributed by atoms with Crippen molar-refractivity contribution in [3.05, 3.63) is 64.7 Å². The van der Waals surface area contributed by atoms with Crippen LogP contribution in [0.5, 0.6) is 11.5 Å². The van der Waals surface area contributed by atoms with Crippen LogP contribution in [0.15, 0.2) is 53.6 Å². The molecular weight excluding hydrogens is 442 g/mol. The summed E-state index contributed by atoms with van der Waals surface area (Å²) in [6.07, 6.45) is 7.34. The molecule has 0 N–H and O–H groups in total. The summed E-state index contributed by atoms with van der Waals surface area (Å²) in [4.78, 5) is 28.1.